The zero-order valence-corrected chi connectivity index (χ0v) is 13.1. The third-order valence-electron chi connectivity index (χ3n) is 4.12. The van der Waals surface area contributed by atoms with Crippen LogP contribution in [-0.2, 0) is 0 Å². The lowest BCUT2D eigenvalue weighted by atomic mass is 9.84. The van der Waals surface area contributed by atoms with Crippen molar-refractivity contribution in [2.75, 3.05) is 26.2 Å². The van der Waals surface area contributed by atoms with Crippen molar-refractivity contribution in [3.63, 3.8) is 0 Å². The summed E-state index contributed by atoms with van der Waals surface area (Å²) < 4.78 is 0. The highest BCUT2D eigenvalue weighted by atomic mass is 15.1. The first kappa shape index (κ1) is 16.0. The molecule has 0 aromatic heterocycles. The Morgan fingerprint density at radius 3 is 2.17 bits per heavy atom. The monoisotopic (exact) mass is 254 g/mol. The van der Waals surface area contributed by atoms with Gasteiger partial charge in [0.05, 0.1) is 0 Å². The van der Waals surface area contributed by atoms with E-state index in [-0.39, 0.29) is 0 Å². The summed E-state index contributed by atoms with van der Waals surface area (Å²) in [7, 11) is 0. The van der Waals surface area contributed by atoms with Crippen LogP contribution in [0.2, 0.25) is 0 Å². The van der Waals surface area contributed by atoms with Gasteiger partial charge in [-0.05, 0) is 57.3 Å². The fourth-order valence-corrected chi connectivity index (χ4v) is 2.83. The summed E-state index contributed by atoms with van der Waals surface area (Å²) >= 11 is 0. The number of nitrogens with zero attached hydrogens (tertiary/aromatic N) is 1. The van der Waals surface area contributed by atoms with Crippen molar-refractivity contribution in [3.05, 3.63) is 0 Å². The highest BCUT2D eigenvalue weighted by Gasteiger charge is 2.24. The van der Waals surface area contributed by atoms with Gasteiger partial charge in [0.1, 0.15) is 0 Å². The maximum Gasteiger partial charge on any atom is 0.0128 e. The Kier molecular flexibility index (Phi) is 7.25. The van der Waals surface area contributed by atoms with Crippen LogP contribution >= 0.6 is 0 Å². The molecule has 108 valence electrons. The highest BCUT2D eigenvalue weighted by molar-refractivity contribution is 4.81. The molecular formula is C16H34N2. The van der Waals surface area contributed by atoms with E-state index in [1.165, 1.54) is 58.2 Å². The second-order valence-corrected chi connectivity index (χ2v) is 6.92. The first-order chi connectivity index (χ1) is 8.54. The molecule has 1 rings (SSSR count). The molecule has 0 spiro atoms. The molecule has 1 unspecified atom stereocenters. The second-order valence-electron chi connectivity index (χ2n) is 6.92. The third kappa shape index (κ3) is 6.19. The standard InChI is InChI=1S/C16H34N2/c1-5-11-17-15(16(2,3)4)10-14-18-12-8-6-7-9-13-18/h15,17H,5-14H2,1-4H3. The second kappa shape index (κ2) is 8.16. The van der Waals surface area contributed by atoms with Crippen molar-refractivity contribution >= 4 is 0 Å². The van der Waals surface area contributed by atoms with E-state index in [0.29, 0.717) is 11.5 Å². The van der Waals surface area contributed by atoms with Gasteiger partial charge in [0.25, 0.3) is 0 Å². The molecule has 0 amide bonds. The molecule has 1 aliphatic rings. The number of hydrogen-bond acceptors (Lipinski definition) is 2. The average molecular weight is 254 g/mol. The molecule has 1 heterocycles. The Balaban J connectivity index is 2.35. The normalized spacial score (nSPS) is 20.7. The summed E-state index contributed by atoms with van der Waals surface area (Å²) in [4.78, 5) is 2.68. The van der Waals surface area contributed by atoms with Crippen molar-refractivity contribution in [2.24, 2.45) is 5.41 Å². The summed E-state index contributed by atoms with van der Waals surface area (Å²) in [6.45, 7) is 14.4. The van der Waals surface area contributed by atoms with E-state index in [9.17, 15) is 0 Å². The third-order valence-corrected chi connectivity index (χ3v) is 4.12. The summed E-state index contributed by atoms with van der Waals surface area (Å²) in [5.41, 5.74) is 0.376. The highest BCUT2D eigenvalue weighted by Crippen LogP contribution is 2.22. The first-order valence-electron chi connectivity index (χ1n) is 7.99. The molecule has 18 heavy (non-hydrogen) atoms. The van der Waals surface area contributed by atoms with Gasteiger partial charge in [-0.15, -0.1) is 0 Å². The van der Waals surface area contributed by atoms with Gasteiger partial charge >= 0.3 is 0 Å². The largest absolute Gasteiger partial charge is 0.313 e. The lowest BCUT2D eigenvalue weighted by Crippen LogP contribution is -2.43. The Morgan fingerprint density at radius 2 is 1.67 bits per heavy atom. The fraction of sp³-hybridized carbons (Fsp3) is 1.00. The Morgan fingerprint density at radius 1 is 1.06 bits per heavy atom. The summed E-state index contributed by atoms with van der Waals surface area (Å²) in [6, 6.07) is 0.653. The van der Waals surface area contributed by atoms with Crippen LogP contribution in [0.4, 0.5) is 0 Å². The van der Waals surface area contributed by atoms with Crippen LogP contribution in [0.5, 0.6) is 0 Å². The number of nitrogens with one attached hydrogen (secondary N) is 1. The molecule has 0 bridgehead atoms. The van der Waals surface area contributed by atoms with Crippen molar-refractivity contribution in [3.8, 4) is 0 Å². The average Bonchev–Trinajstić information content (AvgIpc) is 2.56. The van der Waals surface area contributed by atoms with E-state index >= 15 is 0 Å². The molecular weight excluding hydrogens is 220 g/mol. The number of rotatable bonds is 6. The van der Waals surface area contributed by atoms with E-state index in [1.807, 2.05) is 0 Å². The molecule has 2 nitrogen and oxygen atoms in total. The zero-order chi connectivity index (χ0) is 13.4. The molecule has 1 aliphatic heterocycles. The van der Waals surface area contributed by atoms with Crippen LogP contribution in [0.3, 0.4) is 0 Å². The van der Waals surface area contributed by atoms with Gasteiger partial charge in [-0.3, -0.25) is 0 Å². The summed E-state index contributed by atoms with van der Waals surface area (Å²) in [5, 5.41) is 3.74. The van der Waals surface area contributed by atoms with Gasteiger partial charge in [0.2, 0.25) is 0 Å². The molecule has 1 saturated heterocycles. The van der Waals surface area contributed by atoms with E-state index in [2.05, 4.69) is 37.9 Å². The first-order valence-corrected chi connectivity index (χ1v) is 7.99. The van der Waals surface area contributed by atoms with Crippen LogP contribution in [0.15, 0.2) is 0 Å². The van der Waals surface area contributed by atoms with Gasteiger partial charge in [-0.25, -0.2) is 0 Å². The van der Waals surface area contributed by atoms with Crippen molar-refractivity contribution in [1.82, 2.24) is 10.2 Å². The lowest BCUT2D eigenvalue weighted by Gasteiger charge is -2.33. The van der Waals surface area contributed by atoms with Crippen LogP contribution in [-0.4, -0.2) is 37.1 Å². The summed E-state index contributed by atoms with van der Waals surface area (Å²) in [6.07, 6.45) is 8.21. The van der Waals surface area contributed by atoms with Crippen molar-refractivity contribution < 1.29 is 0 Å². The minimum atomic E-state index is 0.376. The molecule has 1 fully saturated rings. The topological polar surface area (TPSA) is 15.3 Å². The Bertz CT molecular complexity index is 200. The Labute approximate surface area is 115 Å². The molecule has 0 aliphatic carbocycles. The van der Waals surface area contributed by atoms with Gasteiger partial charge in [-0.1, -0.05) is 40.5 Å². The summed E-state index contributed by atoms with van der Waals surface area (Å²) in [5.74, 6) is 0. The van der Waals surface area contributed by atoms with Crippen molar-refractivity contribution in [1.29, 1.82) is 0 Å². The Hall–Kier alpha value is -0.0800. The molecule has 0 aromatic rings. The lowest BCUT2D eigenvalue weighted by molar-refractivity contribution is 0.207. The maximum atomic E-state index is 3.74. The van der Waals surface area contributed by atoms with Crippen LogP contribution in [0.1, 0.15) is 66.2 Å². The van der Waals surface area contributed by atoms with Gasteiger partial charge < -0.3 is 10.2 Å². The van der Waals surface area contributed by atoms with E-state index in [1.54, 1.807) is 0 Å². The quantitative estimate of drug-likeness (QED) is 0.778. The molecule has 2 heteroatoms. The molecule has 0 saturated carbocycles. The van der Waals surface area contributed by atoms with E-state index in [4.69, 9.17) is 0 Å². The van der Waals surface area contributed by atoms with Crippen LogP contribution in [0, 0.1) is 5.41 Å². The molecule has 0 radical (unpaired) electrons. The predicted octanol–water partition coefficient (Wildman–Crippen LogP) is 3.67. The molecule has 1 atom stereocenters. The van der Waals surface area contributed by atoms with E-state index < -0.39 is 0 Å². The minimum Gasteiger partial charge on any atom is -0.313 e. The van der Waals surface area contributed by atoms with Crippen LogP contribution in [0.25, 0.3) is 0 Å². The number of likely N-dealkylation sites (tertiary alicyclic amines) is 1. The minimum absolute atomic E-state index is 0.376. The maximum absolute atomic E-state index is 3.74. The van der Waals surface area contributed by atoms with E-state index in [0.717, 1.165) is 6.54 Å². The number of hydrogen-bond donors (Lipinski definition) is 1. The van der Waals surface area contributed by atoms with Crippen molar-refractivity contribution in [2.45, 2.75) is 72.3 Å². The van der Waals surface area contributed by atoms with Crippen LogP contribution < -0.4 is 5.32 Å². The molecule has 1 N–H and O–H groups in total. The van der Waals surface area contributed by atoms with Gasteiger partial charge in [-0.2, -0.15) is 0 Å². The SMILES string of the molecule is CCCNC(CCN1CCCCCC1)C(C)(C)C. The van der Waals surface area contributed by atoms with Gasteiger partial charge in [0, 0.05) is 6.04 Å². The fourth-order valence-electron chi connectivity index (χ4n) is 2.83. The zero-order valence-electron chi connectivity index (χ0n) is 13.1. The molecule has 0 aromatic carbocycles. The smallest absolute Gasteiger partial charge is 0.0128 e. The van der Waals surface area contributed by atoms with Gasteiger partial charge in [0.15, 0.2) is 0 Å². The predicted molar refractivity (Wildman–Crippen MR) is 81.1 cm³/mol.